The van der Waals surface area contributed by atoms with Gasteiger partial charge in [-0.2, -0.15) is 0 Å². The standard InChI is InChI=1S/C20H30N2O3/c1-5-6-7-8-9-10-13-22-19(24)17(15-16-12-11-14-25-16)18(23)21(4)20(22,2)3/h11-12,14-15H,5-10,13H2,1-4H3. The normalized spacial score (nSPS) is 19.1. The molecule has 1 fully saturated rings. The van der Waals surface area contributed by atoms with Crippen molar-refractivity contribution in [3.63, 3.8) is 0 Å². The van der Waals surface area contributed by atoms with Crippen LogP contribution in [0.25, 0.3) is 6.08 Å². The summed E-state index contributed by atoms with van der Waals surface area (Å²) in [6.45, 7) is 6.70. The predicted octanol–water partition coefficient (Wildman–Crippen LogP) is 4.06. The minimum atomic E-state index is -0.627. The third kappa shape index (κ3) is 4.33. The number of hydrogen-bond donors (Lipinski definition) is 0. The van der Waals surface area contributed by atoms with E-state index in [9.17, 15) is 9.59 Å². The zero-order chi connectivity index (χ0) is 18.4. The fourth-order valence-electron chi connectivity index (χ4n) is 3.16. The Bertz CT molecular complexity index is 617. The summed E-state index contributed by atoms with van der Waals surface area (Å²) >= 11 is 0. The molecule has 0 saturated carbocycles. The van der Waals surface area contributed by atoms with Crippen LogP contribution in [0.2, 0.25) is 0 Å². The summed E-state index contributed by atoms with van der Waals surface area (Å²) in [6, 6.07) is 3.48. The second-order valence-corrected chi connectivity index (χ2v) is 7.16. The van der Waals surface area contributed by atoms with Crippen molar-refractivity contribution >= 4 is 17.9 Å². The van der Waals surface area contributed by atoms with Crippen molar-refractivity contribution in [1.82, 2.24) is 9.80 Å². The summed E-state index contributed by atoms with van der Waals surface area (Å²) in [6.07, 6.45) is 10.1. The molecule has 5 nitrogen and oxygen atoms in total. The highest BCUT2D eigenvalue weighted by Gasteiger charge is 2.45. The molecule has 0 aromatic carbocycles. The second-order valence-electron chi connectivity index (χ2n) is 7.16. The Morgan fingerprint density at radius 3 is 2.40 bits per heavy atom. The quantitative estimate of drug-likeness (QED) is 0.405. The largest absolute Gasteiger partial charge is 0.465 e. The van der Waals surface area contributed by atoms with E-state index in [1.807, 2.05) is 18.7 Å². The van der Waals surface area contributed by atoms with Gasteiger partial charge in [0, 0.05) is 13.6 Å². The molecule has 0 atom stereocenters. The van der Waals surface area contributed by atoms with Crippen LogP contribution < -0.4 is 0 Å². The number of amides is 2. The van der Waals surface area contributed by atoms with Crippen molar-refractivity contribution < 1.29 is 14.0 Å². The Balaban J connectivity index is 2.10. The molecule has 0 bridgehead atoms. The van der Waals surface area contributed by atoms with Crippen LogP contribution in [0.4, 0.5) is 0 Å². The van der Waals surface area contributed by atoms with Crippen LogP contribution in [0.1, 0.15) is 65.1 Å². The molecule has 1 aliphatic rings. The lowest BCUT2D eigenvalue weighted by atomic mass is 9.99. The number of furan rings is 1. The van der Waals surface area contributed by atoms with Crippen LogP contribution in [0.3, 0.4) is 0 Å². The highest BCUT2D eigenvalue weighted by molar-refractivity contribution is 6.23. The first-order valence-electron chi connectivity index (χ1n) is 9.25. The topological polar surface area (TPSA) is 53.8 Å². The lowest BCUT2D eigenvalue weighted by molar-refractivity contribution is -0.157. The van der Waals surface area contributed by atoms with Gasteiger partial charge in [0.05, 0.1) is 6.26 Å². The third-order valence-electron chi connectivity index (χ3n) is 5.06. The van der Waals surface area contributed by atoms with Crippen molar-refractivity contribution in [2.45, 2.75) is 65.0 Å². The van der Waals surface area contributed by atoms with Gasteiger partial charge in [0.2, 0.25) is 0 Å². The SMILES string of the molecule is CCCCCCCCN1C(=O)C(=Cc2ccco2)C(=O)N(C)C1(C)C. The first-order chi connectivity index (χ1) is 11.9. The average molecular weight is 346 g/mol. The summed E-state index contributed by atoms with van der Waals surface area (Å²) in [5, 5.41) is 0. The van der Waals surface area contributed by atoms with E-state index in [1.54, 1.807) is 30.2 Å². The second kappa shape index (κ2) is 8.37. The van der Waals surface area contributed by atoms with Crippen molar-refractivity contribution in [3.05, 3.63) is 29.7 Å². The highest BCUT2D eigenvalue weighted by atomic mass is 16.3. The lowest BCUT2D eigenvalue weighted by Gasteiger charge is -2.49. The monoisotopic (exact) mass is 346 g/mol. The van der Waals surface area contributed by atoms with E-state index in [2.05, 4.69) is 6.92 Å². The molecule has 1 aromatic heterocycles. The van der Waals surface area contributed by atoms with Crippen LogP contribution in [0.5, 0.6) is 0 Å². The van der Waals surface area contributed by atoms with Gasteiger partial charge in [-0.1, -0.05) is 39.0 Å². The van der Waals surface area contributed by atoms with Gasteiger partial charge < -0.3 is 14.2 Å². The van der Waals surface area contributed by atoms with Gasteiger partial charge in [-0.3, -0.25) is 9.59 Å². The Kier molecular flexibility index (Phi) is 6.45. The highest BCUT2D eigenvalue weighted by Crippen LogP contribution is 2.30. The number of hydrogen-bond acceptors (Lipinski definition) is 3. The first kappa shape index (κ1) is 19.3. The molecule has 1 saturated heterocycles. The molecular weight excluding hydrogens is 316 g/mol. The van der Waals surface area contributed by atoms with E-state index in [0.717, 1.165) is 12.8 Å². The molecule has 5 heteroatoms. The summed E-state index contributed by atoms with van der Waals surface area (Å²) in [5.74, 6) is 0.0491. The molecule has 2 amide bonds. The molecule has 1 aromatic rings. The van der Waals surface area contributed by atoms with Crippen molar-refractivity contribution in [3.8, 4) is 0 Å². The van der Waals surface area contributed by atoms with Crippen LogP contribution in [0, 0.1) is 0 Å². The molecule has 0 radical (unpaired) electrons. The van der Waals surface area contributed by atoms with Gasteiger partial charge in [-0.05, 0) is 38.5 Å². The number of likely N-dealkylation sites (N-methyl/N-ethyl adjacent to an activating group) is 1. The Morgan fingerprint density at radius 2 is 1.76 bits per heavy atom. The molecule has 0 unspecified atom stereocenters. The van der Waals surface area contributed by atoms with Gasteiger partial charge >= 0.3 is 0 Å². The Hall–Kier alpha value is -2.04. The Labute approximate surface area is 150 Å². The zero-order valence-corrected chi connectivity index (χ0v) is 15.9. The molecular formula is C20H30N2O3. The number of rotatable bonds is 8. The van der Waals surface area contributed by atoms with E-state index in [4.69, 9.17) is 4.42 Å². The van der Waals surface area contributed by atoms with Crippen LogP contribution in [0.15, 0.2) is 28.4 Å². The molecule has 1 aliphatic heterocycles. The number of carbonyl (C=O) groups excluding carboxylic acids is 2. The van der Waals surface area contributed by atoms with Crippen LogP contribution >= 0.6 is 0 Å². The van der Waals surface area contributed by atoms with Gasteiger partial charge in [0.25, 0.3) is 11.8 Å². The maximum Gasteiger partial charge on any atom is 0.261 e. The fraction of sp³-hybridized carbons (Fsp3) is 0.600. The maximum atomic E-state index is 13.0. The molecule has 0 N–H and O–H groups in total. The summed E-state index contributed by atoms with van der Waals surface area (Å²) in [7, 11) is 1.75. The van der Waals surface area contributed by atoms with E-state index in [1.165, 1.54) is 31.9 Å². The third-order valence-corrected chi connectivity index (χ3v) is 5.06. The van der Waals surface area contributed by atoms with Gasteiger partial charge in [0.1, 0.15) is 17.0 Å². The van der Waals surface area contributed by atoms with Crippen LogP contribution in [-0.4, -0.2) is 40.9 Å². The van der Waals surface area contributed by atoms with E-state index < -0.39 is 5.66 Å². The van der Waals surface area contributed by atoms with Crippen LogP contribution in [-0.2, 0) is 9.59 Å². The molecule has 2 rings (SSSR count). The van der Waals surface area contributed by atoms with Gasteiger partial charge in [-0.25, -0.2) is 0 Å². The van der Waals surface area contributed by atoms with Crippen molar-refractivity contribution in [2.75, 3.05) is 13.6 Å². The Morgan fingerprint density at radius 1 is 1.08 bits per heavy atom. The van der Waals surface area contributed by atoms with E-state index in [-0.39, 0.29) is 17.4 Å². The summed E-state index contributed by atoms with van der Waals surface area (Å²) < 4.78 is 5.27. The molecule has 0 aliphatic carbocycles. The smallest absolute Gasteiger partial charge is 0.261 e. The zero-order valence-electron chi connectivity index (χ0n) is 15.9. The number of nitrogens with zero attached hydrogens (tertiary/aromatic N) is 2. The van der Waals surface area contributed by atoms with E-state index >= 15 is 0 Å². The minimum absolute atomic E-state index is 0.169. The maximum absolute atomic E-state index is 13.0. The number of unbranched alkanes of at least 4 members (excludes halogenated alkanes) is 5. The first-order valence-corrected chi connectivity index (χ1v) is 9.25. The van der Waals surface area contributed by atoms with Gasteiger partial charge in [0.15, 0.2) is 0 Å². The average Bonchev–Trinajstić information content (AvgIpc) is 3.09. The summed E-state index contributed by atoms with van der Waals surface area (Å²) in [4.78, 5) is 29.0. The van der Waals surface area contributed by atoms with Crippen molar-refractivity contribution in [1.29, 1.82) is 0 Å². The van der Waals surface area contributed by atoms with Crippen molar-refractivity contribution in [2.24, 2.45) is 0 Å². The lowest BCUT2D eigenvalue weighted by Crippen LogP contribution is -2.65. The number of carbonyl (C=O) groups is 2. The van der Waals surface area contributed by atoms with E-state index in [0.29, 0.717) is 12.3 Å². The molecule has 138 valence electrons. The molecule has 25 heavy (non-hydrogen) atoms. The molecule has 0 spiro atoms. The minimum Gasteiger partial charge on any atom is -0.465 e. The van der Waals surface area contributed by atoms with Gasteiger partial charge in [-0.15, -0.1) is 0 Å². The fourth-order valence-corrected chi connectivity index (χ4v) is 3.16. The molecule has 2 heterocycles. The predicted molar refractivity (Wildman–Crippen MR) is 98.6 cm³/mol. The summed E-state index contributed by atoms with van der Waals surface area (Å²) in [5.41, 5.74) is -0.458.